The molecule has 2 aromatic rings. The van der Waals surface area contributed by atoms with Gasteiger partial charge >= 0.3 is 0 Å². The van der Waals surface area contributed by atoms with E-state index in [1.807, 2.05) is 36.4 Å². The molecule has 1 N–H and O–H groups in total. The monoisotopic (exact) mass is 298 g/mol. The molecule has 0 aliphatic heterocycles. The molecule has 0 spiro atoms. The van der Waals surface area contributed by atoms with Crippen molar-refractivity contribution >= 4 is 27.3 Å². The molecule has 1 aromatic heterocycles. The highest BCUT2D eigenvalue weighted by Crippen LogP contribution is 2.32. The van der Waals surface area contributed by atoms with Gasteiger partial charge < -0.3 is 9.84 Å². The highest BCUT2D eigenvalue weighted by molar-refractivity contribution is 9.11. The lowest BCUT2D eigenvalue weighted by Gasteiger charge is -2.10. The molecule has 0 amide bonds. The Morgan fingerprint density at radius 2 is 2.12 bits per heavy atom. The summed E-state index contributed by atoms with van der Waals surface area (Å²) < 4.78 is 6.15. The lowest BCUT2D eigenvalue weighted by atomic mass is 10.1. The van der Waals surface area contributed by atoms with Gasteiger partial charge in [0.2, 0.25) is 0 Å². The molecule has 0 aliphatic carbocycles. The Hall–Kier alpha value is -0.840. The maximum Gasteiger partial charge on any atom is 0.119 e. The molecule has 0 radical (unpaired) electrons. The van der Waals surface area contributed by atoms with Crippen molar-refractivity contribution in [1.82, 2.24) is 0 Å². The normalized spacial score (nSPS) is 12.4. The van der Waals surface area contributed by atoms with Gasteiger partial charge in [0.05, 0.1) is 10.9 Å². The Balaban J connectivity index is 2.29. The minimum absolute atomic E-state index is 0.591. The van der Waals surface area contributed by atoms with E-state index in [1.54, 1.807) is 7.11 Å². The number of halogens is 1. The third-order valence-corrected chi connectivity index (χ3v) is 3.95. The highest BCUT2D eigenvalue weighted by Gasteiger charge is 2.12. The second kappa shape index (κ2) is 4.99. The summed E-state index contributed by atoms with van der Waals surface area (Å²) in [6, 6.07) is 11.3. The highest BCUT2D eigenvalue weighted by atomic mass is 79.9. The van der Waals surface area contributed by atoms with Crippen LogP contribution >= 0.6 is 27.3 Å². The Kier molecular flexibility index (Phi) is 3.63. The van der Waals surface area contributed by atoms with Crippen molar-refractivity contribution < 1.29 is 9.84 Å². The predicted molar refractivity (Wildman–Crippen MR) is 69.1 cm³/mol. The van der Waals surface area contributed by atoms with E-state index in [4.69, 9.17) is 4.74 Å². The first-order chi connectivity index (χ1) is 7.70. The van der Waals surface area contributed by atoms with Crippen molar-refractivity contribution in [2.75, 3.05) is 7.11 Å². The Morgan fingerprint density at radius 3 is 2.75 bits per heavy atom. The van der Waals surface area contributed by atoms with Gasteiger partial charge in [0.15, 0.2) is 0 Å². The third-order valence-electron chi connectivity index (χ3n) is 2.27. The molecule has 0 fully saturated rings. The molecule has 2 nitrogen and oxygen atoms in total. The molecule has 0 saturated heterocycles. The van der Waals surface area contributed by atoms with Crippen LogP contribution in [0.2, 0.25) is 0 Å². The molecule has 16 heavy (non-hydrogen) atoms. The topological polar surface area (TPSA) is 29.5 Å². The smallest absolute Gasteiger partial charge is 0.119 e. The van der Waals surface area contributed by atoms with Crippen molar-refractivity contribution in [1.29, 1.82) is 0 Å². The van der Waals surface area contributed by atoms with Gasteiger partial charge in [0.1, 0.15) is 11.9 Å². The summed E-state index contributed by atoms with van der Waals surface area (Å²) >= 11 is 4.91. The molecular formula is C12H11BrO2S. The standard InChI is InChI=1S/C12H11BrO2S/c1-15-9-4-2-3-8(7-9)12(14)10-5-6-11(13)16-10/h2-7,12,14H,1H3. The first-order valence-electron chi connectivity index (χ1n) is 4.78. The molecule has 0 aliphatic rings. The number of hydrogen-bond acceptors (Lipinski definition) is 3. The fourth-order valence-corrected chi connectivity index (χ4v) is 2.89. The van der Waals surface area contributed by atoms with Crippen molar-refractivity contribution in [2.45, 2.75) is 6.10 Å². The van der Waals surface area contributed by atoms with E-state index in [0.717, 1.165) is 20.0 Å². The average molecular weight is 299 g/mol. The van der Waals surface area contributed by atoms with Gasteiger partial charge in [-0.25, -0.2) is 0 Å². The van der Waals surface area contributed by atoms with Crippen LogP contribution in [0.1, 0.15) is 16.5 Å². The molecule has 1 aromatic carbocycles. The van der Waals surface area contributed by atoms with E-state index in [1.165, 1.54) is 11.3 Å². The van der Waals surface area contributed by atoms with Gasteiger partial charge in [0.25, 0.3) is 0 Å². The molecule has 4 heteroatoms. The van der Waals surface area contributed by atoms with E-state index in [2.05, 4.69) is 15.9 Å². The maximum absolute atomic E-state index is 10.2. The molecular weight excluding hydrogens is 288 g/mol. The van der Waals surface area contributed by atoms with E-state index < -0.39 is 6.10 Å². The fourth-order valence-electron chi connectivity index (χ4n) is 1.45. The first kappa shape index (κ1) is 11.6. The molecule has 1 heterocycles. The van der Waals surface area contributed by atoms with Gasteiger partial charge in [-0.05, 0) is 45.8 Å². The lowest BCUT2D eigenvalue weighted by Crippen LogP contribution is -1.97. The van der Waals surface area contributed by atoms with Crippen molar-refractivity contribution in [2.24, 2.45) is 0 Å². The van der Waals surface area contributed by atoms with E-state index >= 15 is 0 Å². The van der Waals surface area contributed by atoms with Crippen LogP contribution in [0.4, 0.5) is 0 Å². The van der Waals surface area contributed by atoms with Crippen molar-refractivity contribution in [3.05, 3.63) is 50.6 Å². The minimum Gasteiger partial charge on any atom is -0.497 e. The largest absolute Gasteiger partial charge is 0.497 e. The summed E-state index contributed by atoms with van der Waals surface area (Å²) in [6.07, 6.45) is -0.591. The van der Waals surface area contributed by atoms with Crippen LogP contribution in [0, 0.1) is 0 Å². The van der Waals surface area contributed by atoms with Crippen LogP contribution < -0.4 is 4.74 Å². The van der Waals surface area contributed by atoms with Crippen LogP contribution in [0.5, 0.6) is 5.75 Å². The number of thiophene rings is 1. The zero-order valence-electron chi connectivity index (χ0n) is 8.68. The first-order valence-corrected chi connectivity index (χ1v) is 6.39. The number of aliphatic hydroxyl groups excluding tert-OH is 1. The molecule has 84 valence electrons. The van der Waals surface area contributed by atoms with Gasteiger partial charge in [-0.2, -0.15) is 0 Å². The molecule has 0 saturated carbocycles. The second-order valence-electron chi connectivity index (χ2n) is 3.32. The van der Waals surface area contributed by atoms with E-state index in [0.29, 0.717) is 0 Å². The number of aliphatic hydroxyl groups is 1. The Bertz CT molecular complexity index is 481. The van der Waals surface area contributed by atoms with Crippen LogP contribution in [0.3, 0.4) is 0 Å². The van der Waals surface area contributed by atoms with Gasteiger partial charge in [-0.1, -0.05) is 12.1 Å². The van der Waals surface area contributed by atoms with Gasteiger partial charge in [0, 0.05) is 4.88 Å². The lowest BCUT2D eigenvalue weighted by molar-refractivity contribution is 0.223. The number of hydrogen-bond donors (Lipinski definition) is 1. The SMILES string of the molecule is COc1cccc(C(O)c2ccc(Br)s2)c1. The second-order valence-corrected chi connectivity index (χ2v) is 5.82. The number of rotatable bonds is 3. The predicted octanol–water partition coefficient (Wildman–Crippen LogP) is 3.60. The third kappa shape index (κ3) is 2.45. The quantitative estimate of drug-likeness (QED) is 0.938. The molecule has 0 bridgehead atoms. The zero-order valence-corrected chi connectivity index (χ0v) is 11.1. The summed E-state index contributed by atoms with van der Waals surface area (Å²) in [5, 5.41) is 10.2. The summed E-state index contributed by atoms with van der Waals surface area (Å²) in [5.41, 5.74) is 0.841. The van der Waals surface area contributed by atoms with Crippen molar-refractivity contribution in [3.8, 4) is 5.75 Å². The summed E-state index contributed by atoms with van der Waals surface area (Å²) in [6.45, 7) is 0. The van der Waals surface area contributed by atoms with Gasteiger partial charge in [-0.3, -0.25) is 0 Å². The maximum atomic E-state index is 10.2. The van der Waals surface area contributed by atoms with Gasteiger partial charge in [-0.15, -0.1) is 11.3 Å². The number of benzene rings is 1. The summed E-state index contributed by atoms with van der Waals surface area (Å²) in [4.78, 5) is 0.917. The van der Waals surface area contributed by atoms with Crippen LogP contribution in [-0.4, -0.2) is 12.2 Å². The van der Waals surface area contributed by atoms with E-state index in [9.17, 15) is 5.11 Å². The minimum atomic E-state index is -0.591. The summed E-state index contributed by atoms with van der Waals surface area (Å²) in [7, 11) is 1.62. The molecule has 1 atom stereocenters. The fraction of sp³-hybridized carbons (Fsp3) is 0.167. The Morgan fingerprint density at radius 1 is 1.31 bits per heavy atom. The Labute approximate surface area is 107 Å². The molecule has 2 rings (SSSR count). The van der Waals surface area contributed by atoms with Crippen LogP contribution in [-0.2, 0) is 0 Å². The summed E-state index contributed by atoms with van der Waals surface area (Å²) in [5.74, 6) is 0.757. The zero-order chi connectivity index (χ0) is 11.5. The molecule has 1 unspecified atom stereocenters. The number of ether oxygens (including phenoxy) is 1. The average Bonchev–Trinajstić information content (AvgIpc) is 2.75. The van der Waals surface area contributed by atoms with Crippen molar-refractivity contribution in [3.63, 3.8) is 0 Å². The van der Waals surface area contributed by atoms with E-state index in [-0.39, 0.29) is 0 Å². The number of methoxy groups -OCH3 is 1. The van der Waals surface area contributed by atoms with Crippen LogP contribution in [0.25, 0.3) is 0 Å². The van der Waals surface area contributed by atoms with Crippen LogP contribution in [0.15, 0.2) is 40.2 Å².